The summed E-state index contributed by atoms with van der Waals surface area (Å²) < 4.78 is 18.2. The molecule has 2 aromatic rings. The van der Waals surface area contributed by atoms with Gasteiger partial charge in [0.25, 0.3) is 0 Å². The van der Waals surface area contributed by atoms with Crippen LogP contribution in [0.4, 0.5) is 5.69 Å². The van der Waals surface area contributed by atoms with Crippen LogP contribution in [-0.2, 0) is 13.5 Å². The molecule has 0 bridgehead atoms. The lowest BCUT2D eigenvalue weighted by Crippen LogP contribution is -2.00. The first-order valence-electron chi connectivity index (χ1n) is 6.82. The lowest BCUT2D eigenvalue weighted by Gasteiger charge is -2.14. The van der Waals surface area contributed by atoms with E-state index in [4.69, 9.17) is 19.9 Å². The highest BCUT2D eigenvalue weighted by Crippen LogP contribution is 2.41. The number of para-hydroxylation sites is 1. The van der Waals surface area contributed by atoms with E-state index in [1.54, 1.807) is 38.1 Å². The zero-order valence-electron chi connectivity index (χ0n) is 12.8. The number of nitrogens with zero attached hydrogens (tertiary/aromatic N) is 2. The normalized spacial score (nSPS) is 10.5. The quantitative estimate of drug-likeness (QED) is 0.886. The first kappa shape index (κ1) is 15.0. The van der Waals surface area contributed by atoms with Crippen LogP contribution in [0.15, 0.2) is 18.2 Å². The fourth-order valence-corrected chi connectivity index (χ4v) is 2.14. The maximum absolute atomic E-state index is 6.13. The van der Waals surface area contributed by atoms with Crippen LogP contribution in [0.2, 0.25) is 0 Å². The minimum Gasteiger partial charge on any atom is -0.493 e. The van der Waals surface area contributed by atoms with Crippen molar-refractivity contribution in [3.63, 3.8) is 0 Å². The molecule has 0 spiro atoms. The van der Waals surface area contributed by atoms with Gasteiger partial charge < -0.3 is 19.9 Å². The van der Waals surface area contributed by atoms with Crippen LogP contribution in [0.5, 0.6) is 23.1 Å². The molecule has 1 aromatic carbocycles. The van der Waals surface area contributed by atoms with Gasteiger partial charge in [0.2, 0.25) is 11.6 Å². The third-order valence-electron chi connectivity index (χ3n) is 3.17. The molecule has 1 heterocycles. The second kappa shape index (κ2) is 6.39. The average molecular weight is 291 g/mol. The molecule has 0 saturated heterocycles. The molecule has 0 atom stereocenters. The smallest absolute Gasteiger partial charge is 0.241 e. The van der Waals surface area contributed by atoms with Crippen LogP contribution in [-0.4, -0.2) is 24.0 Å². The third-order valence-corrected chi connectivity index (χ3v) is 3.17. The van der Waals surface area contributed by atoms with Gasteiger partial charge in [-0.05, 0) is 18.6 Å². The number of benzene rings is 1. The molecule has 0 unspecified atom stereocenters. The Hall–Kier alpha value is -2.37. The minimum atomic E-state index is 0.486. The molecule has 2 N–H and O–H groups in total. The highest BCUT2D eigenvalue weighted by molar-refractivity contribution is 5.58. The molecule has 0 aliphatic carbocycles. The monoisotopic (exact) mass is 291 g/mol. The summed E-state index contributed by atoms with van der Waals surface area (Å²) in [5.74, 6) is 2.13. The molecule has 0 radical (unpaired) electrons. The van der Waals surface area contributed by atoms with E-state index >= 15 is 0 Å². The average Bonchev–Trinajstić information content (AvgIpc) is 2.75. The van der Waals surface area contributed by atoms with Gasteiger partial charge in [0.15, 0.2) is 11.5 Å². The first-order valence-corrected chi connectivity index (χ1v) is 6.82. The van der Waals surface area contributed by atoms with Gasteiger partial charge in [-0.2, -0.15) is 5.10 Å². The van der Waals surface area contributed by atoms with Gasteiger partial charge in [0, 0.05) is 7.05 Å². The van der Waals surface area contributed by atoms with Crippen molar-refractivity contribution in [2.75, 3.05) is 20.0 Å². The number of anilines is 1. The maximum atomic E-state index is 6.13. The predicted molar refractivity (Wildman–Crippen MR) is 81.2 cm³/mol. The van der Waals surface area contributed by atoms with Gasteiger partial charge in [0.05, 0.1) is 19.9 Å². The van der Waals surface area contributed by atoms with Crippen LogP contribution >= 0.6 is 0 Å². The molecule has 0 fully saturated rings. The Bertz CT molecular complexity index is 601. The van der Waals surface area contributed by atoms with Gasteiger partial charge in [-0.1, -0.05) is 19.4 Å². The van der Waals surface area contributed by atoms with Crippen LogP contribution < -0.4 is 19.9 Å². The van der Waals surface area contributed by atoms with Crippen molar-refractivity contribution in [2.24, 2.45) is 7.05 Å². The summed E-state index contributed by atoms with van der Waals surface area (Å²) in [6.07, 6.45) is 1.78. The van der Waals surface area contributed by atoms with E-state index in [9.17, 15) is 0 Å². The molecule has 6 heteroatoms. The summed E-state index contributed by atoms with van der Waals surface area (Å²) in [6, 6.07) is 5.44. The Morgan fingerprint density at radius 3 is 2.33 bits per heavy atom. The van der Waals surface area contributed by atoms with E-state index < -0.39 is 0 Å². The summed E-state index contributed by atoms with van der Waals surface area (Å²) >= 11 is 0. The number of nitrogen functional groups attached to an aromatic ring is 1. The standard InChI is InChI=1S/C15H21N3O3/c1-5-7-10-13(16)15(18(2)17-10)21-14-11(19-3)8-6-9-12(14)20-4/h6,8-9H,5,7,16H2,1-4H3. The largest absolute Gasteiger partial charge is 0.493 e. The molecule has 2 rings (SSSR count). The lowest BCUT2D eigenvalue weighted by molar-refractivity contribution is 0.335. The summed E-state index contributed by atoms with van der Waals surface area (Å²) in [4.78, 5) is 0. The van der Waals surface area contributed by atoms with E-state index in [1.165, 1.54) is 0 Å². The molecule has 1 aromatic heterocycles. The van der Waals surface area contributed by atoms with Crippen molar-refractivity contribution in [1.29, 1.82) is 0 Å². The lowest BCUT2D eigenvalue weighted by atomic mass is 10.2. The van der Waals surface area contributed by atoms with E-state index in [0.29, 0.717) is 28.8 Å². The van der Waals surface area contributed by atoms with Crippen LogP contribution in [0.25, 0.3) is 0 Å². The van der Waals surface area contributed by atoms with Crippen molar-refractivity contribution in [3.8, 4) is 23.1 Å². The number of nitrogens with two attached hydrogens (primary N) is 1. The van der Waals surface area contributed by atoms with Crippen molar-refractivity contribution in [2.45, 2.75) is 19.8 Å². The number of aryl methyl sites for hydroxylation is 2. The molecule has 6 nitrogen and oxygen atoms in total. The van der Waals surface area contributed by atoms with Crippen molar-refractivity contribution >= 4 is 5.69 Å². The third kappa shape index (κ3) is 2.89. The topological polar surface area (TPSA) is 71.5 Å². The first-order chi connectivity index (χ1) is 10.1. The Kier molecular flexibility index (Phi) is 4.57. The molecule has 21 heavy (non-hydrogen) atoms. The molecular formula is C15H21N3O3. The minimum absolute atomic E-state index is 0.486. The fraction of sp³-hybridized carbons (Fsp3) is 0.400. The van der Waals surface area contributed by atoms with E-state index in [-0.39, 0.29) is 0 Å². The molecule has 0 aliphatic heterocycles. The van der Waals surface area contributed by atoms with Gasteiger partial charge in [-0.15, -0.1) is 0 Å². The zero-order valence-corrected chi connectivity index (χ0v) is 12.8. The fourth-order valence-electron chi connectivity index (χ4n) is 2.14. The summed E-state index contributed by atoms with van der Waals surface area (Å²) in [5.41, 5.74) is 7.52. The Morgan fingerprint density at radius 1 is 1.19 bits per heavy atom. The van der Waals surface area contributed by atoms with Crippen LogP contribution in [0, 0.1) is 0 Å². The zero-order chi connectivity index (χ0) is 15.4. The Morgan fingerprint density at radius 2 is 1.81 bits per heavy atom. The van der Waals surface area contributed by atoms with Crippen LogP contribution in [0.1, 0.15) is 19.0 Å². The van der Waals surface area contributed by atoms with E-state index in [2.05, 4.69) is 12.0 Å². The van der Waals surface area contributed by atoms with E-state index in [0.717, 1.165) is 18.5 Å². The van der Waals surface area contributed by atoms with Gasteiger partial charge in [0.1, 0.15) is 5.69 Å². The Balaban J connectivity index is 2.43. The number of rotatable bonds is 6. The highest BCUT2D eigenvalue weighted by atomic mass is 16.5. The SMILES string of the molecule is CCCc1nn(C)c(Oc2c(OC)cccc2OC)c1N. The van der Waals surface area contributed by atoms with Crippen molar-refractivity contribution in [1.82, 2.24) is 9.78 Å². The molecule has 0 amide bonds. The van der Waals surface area contributed by atoms with E-state index in [1.807, 2.05) is 6.07 Å². The number of hydrogen-bond acceptors (Lipinski definition) is 5. The highest BCUT2D eigenvalue weighted by Gasteiger charge is 2.19. The second-order valence-electron chi connectivity index (χ2n) is 4.63. The molecule has 0 saturated carbocycles. The van der Waals surface area contributed by atoms with Crippen molar-refractivity contribution < 1.29 is 14.2 Å². The maximum Gasteiger partial charge on any atom is 0.241 e. The summed E-state index contributed by atoms with van der Waals surface area (Å²) in [6.45, 7) is 2.08. The number of aromatic nitrogens is 2. The van der Waals surface area contributed by atoms with Gasteiger partial charge in [-0.25, -0.2) is 4.68 Å². The number of ether oxygens (including phenoxy) is 3. The molecular weight excluding hydrogens is 270 g/mol. The van der Waals surface area contributed by atoms with Gasteiger partial charge >= 0.3 is 0 Å². The summed E-state index contributed by atoms with van der Waals surface area (Å²) in [5, 5.41) is 4.39. The molecule has 0 aliphatic rings. The van der Waals surface area contributed by atoms with Crippen LogP contribution in [0.3, 0.4) is 0 Å². The summed E-state index contributed by atoms with van der Waals surface area (Å²) in [7, 11) is 4.96. The van der Waals surface area contributed by atoms with Gasteiger partial charge in [-0.3, -0.25) is 0 Å². The number of methoxy groups -OCH3 is 2. The predicted octanol–water partition coefficient (Wildman–Crippen LogP) is 2.76. The second-order valence-corrected chi connectivity index (χ2v) is 4.63. The van der Waals surface area contributed by atoms with Crippen molar-refractivity contribution in [3.05, 3.63) is 23.9 Å². The molecule has 114 valence electrons. The Labute approximate surface area is 124 Å². The number of hydrogen-bond donors (Lipinski definition) is 1.